The molecular weight excluding hydrogens is 288 g/mol. The lowest BCUT2D eigenvalue weighted by Gasteiger charge is -2.14. The first-order chi connectivity index (χ1) is 11.1. The van der Waals surface area contributed by atoms with Crippen LogP contribution in [0.1, 0.15) is 28.7 Å². The van der Waals surface area contributed by atoms with Crippen molar-refractivity contribution in [1.29, 1.82) is 0 Å². The Bertz CT molecular complexity index is 1050. The summed E-state index contributed by atoms with van der Waals surface area (Å²) in [6, 6.07) is 9.95. The first-order valence-electron chi connectivity index (χ1n) is 7.70. The number of aryl methyl sites for hydroxylation is 2. The Kier molecular flexibility index (Phi) is 2.94. The Labute approximate surface area is 133 Å². The molecule has 4 aromatic rings. The number of hydrogen-bond acceptors (Lipinski definition) is 4. The average Bonchev–Trinajstić information content (AvgIpc) is 2.53. The minimum Gasteiger partial charge on any atom is -0.462 e. The highest BCUT2D eigenvalue weighted by Crippen LogP contribution is 2.36. The van der Waals surface area contributed by atoms with Crippen LogP contribution in [0.25, 0.3) is 32.6 Å². The van der Waals surface area contributed by atoms with E-state index in [1.165, 1.54) is 0 Å². The van der Waals surface area contributed by atoms with Crippen LogP contribution in [0.5, 0.6) is 0 Å². The number of hydrogen-bond donors (Lipinski definition) is 0. The van der Waals surface area contributed by atoms with Gasteiger partial charge in [-0.1, -0.05) is 12.1 Å². The van der Waals surface area contributed by atoms with Gasteiger partial charge in [0.15, 0.2) is 0 Å². The van der Waals surface area contributed by atoms with Gasteiger partial charge in [-0.2, -0.15) is 0 Å². The molecule has 0 aliphatic rings. The van der Waals surface area contributed by atoms with Crippen LogP contribution in [-0.2, 0) is 4.74 Å². The van der Waals surface area contributed by atoms with Crippen LogP contribution in [0.15, 0.2) is 30.3 Å². The van der Waals surface area contributed by atoms with Gasteiger partial charge in [0.1, 0.15) is 5.82 Å². The molecule has 114 valence electrons. The molecule has 0 aliphatic heterocycles. The summed E-state index contributed by atoms with van der Waals surface area (Å²) in [5.41, 5.74) is 3.43. The molecule has 0 saturated carbocycles. The van der Waals surface area contributed by atoms with E-state index in [-0.39, 0.29) is 5.97 Å². The maximum atomic E-state index is 12.2. The summed E-state index contributed by atoms with van der Waals surface area (Å²) in [6.45, 7) is 6.05. The number of nitrogens with zero attached hydrogens (tertiary/aromatic N) is 2. The average molecular weight is 304 g/mol. The second-order valence-electron chi connectivity index (χ2n) is 5.73. The molecule has 4 heteroatoms. The predicted octanol–water partition coefficient (Wildman–Crippen LogP) is 4.17. The van der Waals surface area contributed by atoms with Gasteiger partial charge >= 0.3 is 5.97 Å². The van der Waals surface area contributed by atoms with Crippen molar-refractivity contribution in [3.8, 4) is 0 Å². The highest BCUT2D eigenvalue weighted by molar-refractivity contribution is 6.23. The van der Waals surface area contributed by atoms with Crippen molar-refractivity contribution in [2.24, 2.45) is 0 Å². The van der Waals surface area contributed by atoms with E-state index in [0.717, 1.165) is 44.0 Å². The van der Waals surface area contributed by atoms with Gasteiger partial charge in [0, 0.05) is 10.8 Å². The van der Waals surface area contributed by atoms with Gasteiger partial charge in [-0.15, -0.1) is 0 Å². The van der Waals surface area contributed by atoms with Gasteiger partial charge < -0.3 is 4.74 Å². The summed E-state index contributed by atoms with van der Waals surface area (Å²) in [4.78, 5) is 21.3. The lowest BCUT2D eigenvalue weighted by Crippen LogP contribution is -2.07. The minimum absolute atomic E-state index is 0.275. The van der Waals surface area contributed by atoms with Gasteiger partial charge in [0.05, 0.1) is 23.2 Å². The number of carbonyl (C=O) groups is 1. The Morgan fingerprint density at radius 3 is 2.43 bits per heavy atom. The van der Waals surface area contributed by atoms with Crippen LogP contribution < -0.4 is 0 Å². The molecule has 23 heavy (non-hydrogen) atoms. The van der Waals surface area contributed by atoms with Crippen LogP contribution in [0.4, 0.5) is 0 Å². The Morgan fingerprint density at radius 1 is 1.04 bits per heavy atom. The van der Waals surface area contributed by atoms with E-state index in [9.17, 15) is 4.79 Å². The molecule has 0 amide bonds. The molecule has 4 rings (SSSR count). The zero-order valence-corrected chi connectivity index (χ0v) is 13.3. The zero-order valence-electron chi connectivity index (χ0n) is 13.3. The fraction of sp³-hybridized carbons (Fsp3) is 0.211. The third-order valence-electron chi connectivity index (χ3n) is 4.32. The fourth-order valence-electron chi connectivity index (χ4n) is 3.31. The summed E-state index contributed by atoms with van der Waals surface area (Å²) in [5, 5.41) is 4.24. The van der Waals surface area contributed by atoms with Gasteiger partial charge in [-0.25, -0.2) is 14.8 Å². The minimum atomic E-state index is -0.275. The molecule has 4 nitrogen and oxygen atoms in total. The van der Waals surface area contributed by atoms with Crippen molar-refractivity contribution in [3.63, 3.8) is 0 Å². The molecule has 0 unspecified atom stereocenters. The molecule has 0 saturated heterocycles. The van der Waals surface area contributed by atoms with Gasteiger partial charge in [0.25, 0.3) is 0 Å². The maximum absolute atomic E-state index is 12.2. The van der Waals surface area contributed by atoms with E-state index in [1.807, 2.05) is 51.1 Å². The van der Waals surface area contributed by atoms with Crippen LogP contribution in [0.2, 0.25) is 0 Å². The van der Waals surface area contributed by atoms with Crippen LogP contribution >= 0.6 is 0 Å². The Morgan fingerprint density at radius 2 is 1.74 bits per heavy atom. The van der Waals surface area contributed by atoms with Gasteiger partial charge in [-0.05, 0) is 55.3 Å². The molecule has 0 N–H and O–H groups in total. The van der Waals surface area contributed by atoms with Gasteiger partial charge in [-0.3, -0.25) is 0 Å². The SMILES string of the molecule is CCOC(=O)c1cc2ccc3nc(C)nc4ccc(c1C)c2c34. The van der Waals surface area contributed by atoms with E-state index >= 15 is 0 Å². The Balaban J connectivity index is 2.16. The molecule has 1 aromatic heterocycles. The number of ether oxygens (including phenoxy) is 1. The Hall–Kier alpha value is -2.75. The summed E-state index contributed by atoms with van der Waals surface area (Å²) in [7, 11) is 0. The van der Waals surface area contributed by atoms with Crippen molar-refractivity contribution >= 4 is 38.5 Å². The van der Waals surface area contributed by atoms with Crippen molar-refractivity contribution in [1.82, 2.24) is 9.97 Å². The second kappa shape index (κ2) is 4.88. The van der Waals surface area contributed by atoms with Crippen molar-refractivity contribution < 1.29 is 9.53 Å². The van der Waals surface area contributed by atoms with Crippen molar-refractivity contribution in [3.05, 3.63) is 47.3 Å². The first kappa shape index (κ1) is 13.9. The second-order valence-corrected chi connectivity index (χ2v) is 5.73. The molecule has 0 bridgehead atoms. The molecule has 3 aromatic carbocycles. The normalized spacial score (nSPS) is 11.6. The van der Waals surface area contributed by atoms with Crippen LogP contribution in [0, 0.1) is 13.8 Å². The third kappa shape index (κ3) is 1.95. The van der Waals surface area contributed by atoms with E-state index in [1.54, 1.807) is 0 Å². The number of benzene rings is 3. The molecule has 0 spiro atoms. The highest BCUT2D eigenvalue weighted by Gasteiger charge is 2.18. The molecule has 0 fully saturated rings. The quantitative estimate of drug-likeness (QED) is 0.412. The third-order valence-corrected chi connectivity index (χ3v) is 4.32. The molecule has 0 radical (unpaired) electrons. The van der Waals surface area contributed by atoms with E-state index in [0.29, 0.717) is 12.2 Å². The largest absolute Gasteiger partial charge is 0.462 e. The number of rotatable bonds is 2. The molecule has 1 heterocycles. The number of aromatic nitrogens is 2. The summed E-state index contributed by atoms with van der Waals surface area (Å²) >= 11 is 0. The molecule has 0 atom stereocenters. The monoisotopic (exact) mass is 304 g/mol. The smallest absolute Gasteiger partial charge is 0.338 e. The van der Waals surface area contributed by atoms with E-state index < -0.39 is 0 Å². The number of esters is 1. The van der Waals surface area contributed by atoms with Crippen LogP contribution in [-0.4, -0.2) is 22.5 Å². The predicted molar refractivity (Wildman–Crippen MR) is 91.2 cm³/mol. The molecular formula is C19H16N2O2. The zero-order chi connectivity index (χ0) is 16.1. The molecule has 0 aliphatic carbocycles. The topological polar surface area (TPSA) is 52.1 Å². The highest BCUT2D eigenvalue weighted by atomic mass is 16.5. The number of carbonyl (C=O) groups excluding carboxylic acids is 1. The summed E-state index contributed by atoms with van der Waals surface area (Å²) in [5.74, 6) is 0.488. The first-order valence-corrected chi connectivity index (χ1v) is 7.70. The lowest BCUT2D eigenvalue weighted by molar-refractivity contribution is 0.0526. The maximum Gasteiger partial charge on any atom is 0.338 e. The van der Waals surface area contributed by atoms with Crippen LogP contribution in [0.3, 0.4) is 0 Å². The lowest BCUT2D eigenvalue weighted by atomic mass is 9.92. The fourth-order valence-corrected chi connectivity index (χ4v) is 3.31. The van der Waals surface area contributed by atoms with Crippen molar-refractivity contribution in [2.45, 2.75) is 20.8 Å². The van der Waals surface area contributed by atoms with Crippen molar-refractivity contribution in [2.75, 3.05) is 6.61 Å². The van der Waals surface area contributed by atoms with E-state index in [2.05, 4.69) is 9.97 Å². The van der Waals surface area contributed by atoms with E-state index in [4.69, 9.17) is 4.74 Å². The standard InChI is InChI=1S/C19H16N2O2/c1-4-23-19(22)14-9-12-5-7-15-18-16(21-11(3)20-15)8-6-13(10(14)2)17(12)18/h5-9H,4H2,1-3H3. The summed E-state index contributed by atoms with van der Waals surface area (Å²) in [6.07, 6.45) is 0. The van der Waals surface area contributed by atoms with Gasteiger partial charge in [0.2, 0.25) is 0 Å². The summed E-state index contributed by atoms with van der Waals surface area (Å²) < 4.78 is 5.19.